The average Bonchev–Trinajstić information content (AvgIpc) is 2.15. The van der Waals surface area contributed by atoms with Crippen LogP contribution in [0, 0.1) is 0 Å². The zero-order valence-corrected chi connectivity index (χ0v) is 11.0. The van der Waals surface area contributed by atoms with Crippen LogP contribution in [0.5, 0.6) is 0 Å². The first-order valence-electron chi connectivity index (χ1n) is 5.25. The summed E-state index contributed by atoms with van der Waals surface area (Å²) in [7, 11) is 1.98. The molecule has 0 amide bonds. The van der Waals surface area contributed by atoms with Gasteiger partial charge in [-0.2, -0.15) is 0 Å². The van der Waals surface area contributed by atoms with Crippen LogP contribution in [-0.4, -0.2) is 16.8 Å². The molecule has 1 rings (SSSR count). The number of rotatable bonds is 3. The van der Waals surface area contributed by atoms with Gasteiger partial charge < -0.3 is 5.32 Å². The highest BCUT2D eigenvalue weighted by Crippen LogP contribution is 2.34. The van der Waals surface area contributed by atoms with Gasteiger partial charge in [0.25, 0.3) is 0 Å². The zero-order chi connectivity index (χ0) is 11.5. The van der Waals surface area contributed by atoms with Gasteiger partial charge in [-0.1, -0.05) is 26.8 Å². The van der Waals surface area contributed by atoms with E-state index in [4.69, 9.17) is 0 Å². The summed E-state index contributed by atoms with van der Waals surface area (Å²) in [6.07, 6.45) is 1.86. The first kappa shape index (κ1) is 12.5. The van der Waals surface area contributed by atoms with E-state index in [-0.39, 0.29) is 4.75 Å². The van der Waals surface area contributed by atoms with Crippen molar-refractivity contribution in [3.8, 4) is 0 Å². The van der Waals surface area contributed by atoms with E-state index < -0.39 is 0 Å². The Kier molecular flexibility index (Phi) is 4.17. The number of pyridine rings is 1. The summed E-state index contributed by atoms with van der Waals surface area (Å²) in [6, 6.07) is 4.49. The van der Waals surface area contributed by atoms with Gasteiger partial charge in [-0.05, 0) is 20.0 Å². The highest BCUT2D eigenvalue weighted by atomic mass is 32.2. The molecule has 1 heterocycles. The third-order valence-corrected chi connectivity index (χ3v) is 3.25. The third-order valence-electron chi connectivity index (χ3n) is 2.10. The summed E-state index contributed by atoms with van der Waals surface area (Å²) in [5.41, 5.74) is 1.28. The normalized spacial score (nSPS) is 13.9. The van der Waals surface area contributed by atoms with Crippen LogP contribution in [0.25, 0.3) is 0 Å². The number of aromatic nitrogens is 1. The topological polar surface area (TPSA) is 24.9 Å². The lowest BCUT2D eigenvalue weighted by Crippen LogP contribution is -2.15. The van der Waals surface area contributed by atoms with Crippen LogP contribution in [0.1, 0.15) is 39.3 Å². The molecule has 0 fully saturated rings. The van der Waals surface area contributed by atoms with Gasteiger partial charge in [0.2, 0.25) is 0 Å². The lowest BCUT2D eigenvalue weighted by Gasteiger charge is -2.21. The van der Waals surface area contributed by atoms with Crippen LogP contribution in [0.3, 0.4) is 0 Å². The Morgan fingerprint density at radius 3 is 2.60 bits per heavy atom. The van der Waals surface area contributed by atoms with Gasteiger partial charge in [0.1, 0.15) is 5.03 Å². The maximum absolute atomic E-state index is 4.46. The van der Waals surface area contributed by atoms with Crippen molar-refractivity contribution in [1.29, 1.82) is 0 Å². The highest BCUT2D eigenvalue weighted by Gasteiger charge is 2.17. The van der Waals surface area contributed by atoms with E-state index >= 15 is 0 Å². The lowest BCUT2D eigenvalue weighted by molar-refractivity contribution is 0.633. The van der Waals surface area contributed by atoms with Crippen LogP contribution in [0.4, 0.5) is 0 Å². The van der Waals surface area contributed by atoms with Crippen LogP contribution < -0.4 is 5.32 Å². The van der Waals surface area contributed by atoms with E-state index in [1.807, 2.05) is 31.1 Å². The molecule has 1 unspecified atom stereocenters. The van der Waals surface area contributed by atoms with Gasteiger partial charge in [0.05, 0.1) is 0 Å². The standard InChI is InChI=1S/C12H20N2S/c1-9(13-5)10-7-6-8-14-11(10)15-12(2,3)4/h6-9,13H,1-5H3. The minimum atomic E-state index is 0.205. The van der Waals surface area contributed by atoms with Gasteiger partial charge in [0, 0.05) is 22.5 Å². The van der Waals surface area contributed by atoms with Crippen molar-refractivity contribution >= 4 is 11.8 Å². The molecule has 0 aliphatic carbocycles. The summed E-state index contributed by atoms with van der Waals surface area (Å²) in [5, 5.41) is 4.39. The summed E-state index contributed by atoms with van der Waals surface area (Å²) in [4.78, 5) is 4.46. The fourth-order valence-electron chi connectivity index (χ4n) is 1.26. The monoisotopic (exact) mass is 224 g/mol. The second kappa shape index (κ2) is 4.99. The molecule has 84 valence electrons. The predicted octanol–water partition coefficient (Wildman–Crippen LogP) is 3.25. The summed E-state index contributed by atoms with van der Waals surface area (Å²) in [5.74, 6) is 0. The highest BCUT2D eigenvalue weighted by molar-refractivity contribution is 8.00. The Labute approximate surface area is 96.9 Å². The molecule has 2 nitrogen and oxygen atoms in total. The van der Waals surface area contributed by atoms with Crippen LogP contribution in [0.2, 0.25) is 0 Å². The molecule has 1 aromatic heterocycles. The zero-order valence-electron chi connectivity index (χ0n) is 10.2. The quantitative estimate of drug-likeness (QED) is 0.798. The van der Waals surface area contributed by atoms with Crippen molar-refractivity contribution in [2.45, 2.75) is 43.5 Å². The van der Waals surface area contributed by atoms with E-state index in [1.54, 1.807) is 0 Å². The SMILES string of the molecule is CNC(C)c1cccnc1SC(C)(C)C. The Morgan fingerprint density at radius 1 is 1.40 bits per heavy atom. The number of nitrogens with zero attached hydrogens (tertiary/aromatic N) is 1. The third kappa shape index (κ3) is 3.84. The van der Waals surface area contributed by atoms with E-state index in [9.17, 15) is 0 Å². The van der Waals surface area contributed by atoms with Gasteiger partial charge in [0.15, 0.2) is 0 Å². The molecule has 0 saturated carbocycles. The van der Waals surface area contributed by atoms with Crippen molar-refractivity contribution in [3.05, 3.63) is 23.9 Å². The molecule has 3 heteroatoms. The molecule has 0 bridgehead atoms. The lowest BCUT2D eigenvalue weighted by atomic mass is 10.1. The van der Waals surface area contributed by atoms with E-state index in [0.717, 1.165) is 5.03 Å². The molecular weight excluding hydrogens is 204 g/mol. The van der Waals surface area contributed by atoms with Gasteiger partial charge in [-0.25, -0.2) is 4.98 Å². The Hall–Kier alpha value is -0.540. The Balaban J connectivity index is 2.96. The van der Waals surface area contributed by atoms with Gasteiger partial charge in [-0.15, -0.1) is 11.8 Å². The van der Waals surface area contributed by atoms with Gasteiger partial charge >= 0.3 is 0 Å². The molecule has 1 N–H and O–H groups in total. The van der Waals surface area contributed by atoms with Crippen LogP contribution in [-0.2, 0) is 0 Å². The minimum absolute atomic E-state index is 0.205. The Bertz CT molecular complexity index is 318. The predicted molar refractivity (Wildman–Crippen MR) is 67.3 cm³/mol. The number of hydrogen-bond acceptors (Lipinski definition) is 3. The number of nitrogens with one attached hydrogen (secondary N) is 1. The molecule has 0 saturated heterocycles. The second-order valence-corrected chi connectivity index (χ2v) is 6.44. The van der Waals surface area contributed by atoms with E-state index in [0.29, 0.717) is 6.04 Å². The smallest absolute Gasteiger partial charge is 0.101 e. The molecule has 0 aromatic carbocycles. The molecule has 15 heavy (non-hydrogen) atoms. The minimum Gasteiger partial charge on any atom is -0.313 e. The van der Waals surface area contributed by atoms with Crippen LogP contribution >= 0.6 is 11.8 Å². The molecule has 0 aliphatic rings. The van der Waals surface area contributed by atoms with Crippen molar-refractivity contribution < 1.29 is 0 Å². The first-order chi connectivity index (χ1) is 6.94. The summed E-state index contributed by atoms with van der Waals surface area (Å²) >= 11 is 1.82. The molecular formula is C12H20N2S. The average molecular weight is 224 g/mol. The maximum Gasteiger partial charge on any atom is 0.101 e. The first-order valence-corrected chi connectivity index (χ1v) is 6.07. The second-order valence-electron chi connectivity index (χ2n) is 4.62. The Morgan fingerprint density at radius 2 is 2.07 bits per heavy atom. The summed E-state index contributed by atoms with van der Waals surface area (Å²) in [6.45, 7) is 8.78. The largest absolute Gasteiger partial charge is 0.313 e. The van der Waals surface area contributed by atoms with E-state index in [1.165, 1.54) is 5.56 Å². The van der Waals surface area contributed by atoms with Crippen molar-refractivity contribution in [3.63, 3.8) is 0 Å². The fraction of sp³-hybridized carbons (Fsp3) is 0.583. The van der Waals surface area contributed by atoms with Crippen molar-refractivity contribution in [1.82, 2.24) is 10.3 Å². The number of thioether (sulfide) groups is 1. The molecule has 0 spiro atoms. The van der Waals surface area contributed by atoms with E-state index in [2.05, 4.69) is 44.1 Å². The molecule has 0 radical (unpaired) electrons. The van der Waals surface area contributed by atoms with Crippen molar-refractivity contribution in [2.24, 2.45) is 0 Å². The maximum atomic E-state index is 4.46. The van der Waals surface area contributed by atoms with Crippen LogP contribution in [0.15, 0.2) is 23.4 Å². The fourth-order valence-corrected chi connectivity index (χ4v) is 2.32. The molecule has 1 aromatic rings. The van der Waals surface area contributed by atoms with Gasteiger partial charge in [-0.3, -0.25) is 0 Å². The number of hydrogen-bond donors (Lipinski definition) is 1. The van der Waals surface area contributed by atoms with Crippen molar-refractivity contribution in [2.75, 3.05) is 7.05 Å². The molecule has 0 aliphatic heterocycles. The molecule has 1 atom stereocenters. The summed E-state index contributed by atoms with van der Waals surface area (Å²) < 4.78 is 0.205.